The van der Waals surface area contributed by atoms with Gasteiger partial charge in [-0.05, 0) is 38.7 Å². The molecule has 0 unspecified atom stereocenters. The molecule has 1 aromatic heterocycles. The van der Waals surface area contributed by atoms with Crippen molar-refractivity contribution in [3.8, 4) is 17.3 Å². The van der Waals surface area contributed by atoms with Gasteiger partial charge in [0.1, 0.15) is 5.54 Å². The molecule has 1 atom stereocenters. The van der Waals surface area contributed by atoms with Crippen LogP contribution in [-0.2, 0) is 4.79 Å². The predicted molar refractivity (Wildman–Crippen MR) is 97.8 cm³/mol. The van der Waals surface area contributed by atoms with Gasteiger partial charge in [0, 0.05) is 11.3 Å². The molecule has 0 saturated heterocycles. The fraction of sp³-hybridized carbons (Fsp3) is 0.368. The van der Waals surface area contributed by atoms with E-state index in [9.17, 15) is 10.1 Å². The lowest BCUT2D eigenvalue weighted by molar-refractivity contribution is -0.119. The van der Waals surface area contributed by atoms with Crippen molar-refractivity contribution in [3.63, 3.8) is 0 Å². The summed E-state index contributed by atoms with van der Waals surface area (Å²) in [5.41, 5.74) is 1.96. The number of amides is 1. The molecule has 0 aliphatic heterocycles. The van der Waals surface area contributed by atoms with Gasteiger partial charge in [-0.25, -0.2) is 9.97 Å². The Hall–Kier alpha value is -2.39. The monoisotopic (exact) mass is 352 g/mol. The number of nitriles is 1. The molecule has 1 aliphatic rings. The summed E-state index contributed by atoms with van der Waals surface area (Å²) in [4.78, 5) is 21.2. The normalized spacial score (nSPS) is 15.9. The average Bonchev–Trinajstić information content (AvgIpc) is 3.46. The van der Waals surface area contributed by atoms with Gasteiger partial charge in [-0.1, -0.05) is 42.1 Å². The first-order valence-corrected chi connectivity index (χ1v) is 9.25. The van der Waals surface area contributed by atoms with Crippen LogP contribution >= 0.6 is 11.8 Å². The van der Waals surface area contributed by atoms with Crippen molar-refractivity contribution >= 4 is 17.7 Å². The number of thioether (sulfide) groups is 1. The lowest BCUT2D eigenvalue weighted by Gasteiger charge is -2.22. The summed E-state index contributed by atoms with van der Waals surface area (Å²) in [6, 6.07) is 14.1. The lowest BCUT2D eigenvalue weighted by atomic mass is 9.98. The van der Waals surface area contributed by atoms with Crippen molar-refractivity contribution in [2.75, 3.05) is 5.75 Å². The highest BCUT2D eigenvalue weighted by molar-refractivity contribution is 7.99. The second kappa shape index (κ2) is 7.24. The lowest BCUT2D eigenvalue weighted by Crippen LogP contribution is -2.47. The number of nitrogens with one attached hydrogen (secondary N) is 1. The molecule has 1 aromatic carbocycles. The molecule has 1 aliphatic carbocycles. The molecule has 1 saturated carbocycles. The highest BCUT2D eigenvalue weighted by atomic mass is 32.2. The van der Waals surface area contributed by atoms with Gasteiger partial charge in [0.05, 0.1) is 17.5 Å². The molecule has 2 aromatic rings. The minimum absolute atomic E-state index is 0.160. The average molecular weight is 352 g/mol. The summed E-state index contributed by atoms with van der Waals surface area (Å²) < 4.78 is 0. The quantitative estimate of drug-likeness (QED) is 0.637. The van der Waals surface area contributed by atoms with Gasteiger partial charge in [0.25, 0.3) is 0 Å². The van der Waals surface area contributed by atoms with Gasteiger partial charge in [-0.15, -0.1) is 0 Å². The van der Waals surface area contributed by atoms with Gasteiger partial charge in [0.2, 0.25) is 5.91 Å². The van der Waals surface area contributed by atoms with Crippen LogP contribution in [0.2, 0.25) is 0 Å². The second-order valence-corrected chi connectivity index (χ2v) is 7.41. The SMILES string of the molecule is Cc1cc(-c2ccccc2)nc(SCC(=O)N[C@](C)(C#N)C2CC2)n1. The Bertz CT molecular complexity index is 814. The summed E-state index contributed by atoms with van der Waals surface area (Å²) in [7, 11) is 0. The minimum Gasteiger partial charge on any atom is -0.337 e. The van der Waals surface area contributed by atoms with Crippen molar-refractivity contribution < 1.29 is 4.79 Å². The van der Waals surface area contributed by atoms with E-state index in [1.54, 1.807) is 6.92 Å². The summed E-state index contributed by atoms with van der Waals surface area (Å²) in [6.45, 7) is 3.71. The molecule has 0 bridgehead atoms. The van der Waals surface area contributed by atoms with E-state index in [-0.39, 0.29) is 17.6 Å². The molecule has 5 nitrogen and oxygen atoms in total. The number of carbonyl (C=O) groups is 1. The summed E-state index contributed by atoms with van der Waals surface area (Å²) in [5.74, 6) is 0.306. The van der Waals surface area contributed by atoms with Crippen molar-refractivity contribution in [2.24, 2.45) is 5.92 Å². The summed E-state index contributed by atoms with van der Waals surface area (Å²) in [5, 5.41) is 12.8. The van der Waals surface area contributed by atoms with Crippen molar-refractivity contribution in [1.82, 2.24) is 15.3 Å². The number of hydrogen-bond donors (Lipinski definition) is 1. The van der Waals surface area contributed by atoms with Crippen molar-refractivity contribution in [1.29, 1.82) is 5.26 Å². The van der Waals surface area contributed by atoms with Crippen LogP contribution in [0.15, 0.2) is 41.6 Å². The van der Waals surface area contributed by atoms with Crippen LogP contribution in [0.25, 0.3) is 11.3 Å². The number of aromatic nitrogens is 2. The zero-order valence-electron chi connectivity index (χ0n) is 14.3. The fourth-order valence-corrected chi connectivity index (χ4v) is 3.40. The molecular weight excluding hydrogens is 332 g/mol. The number of carbonyl (C=O) groups excluding carboxylic acids is 1. The van der Waals surface area contributed by atoms with Crippen LogP contribution in [0.4, 0.5) is 0 Å². The summed E-state index contributed by atoms with van der Waals surface area (Å²) in [6.07, 6.45) is 2.00. The molecule has 1 amide bonds. The molecule has 6 heteroatoms. The molecule has 1 heterocycles. The van der Waals surface area contributed by atoms with E-state index < -0.39 is 5.54 Å². The Morgan fingerprint density at radius 1 is 1.36 bits per heavy atom. The van der Waals surface area contributed by atoms with Crippen LogP contribution in [-0.4, -0.2) is 27.2 Å². The minimum atomic E-state index is -0.764. The summed E-state index contributed by atoms with van der Waals surface area (Å²) >= 11 is 1.29. The maximum absolute atomic E-state index is 12.2. The molecule has 1 N–H and O–H groups in total. The third kappa shape index (κ3) is 4.37. The van der Waals surface area contributed by atoms with Crippen LogP contribution in [0.3, 0.4) is 0 Å². The Morgan fingerprint density at radius 2 is 2.08 bits per heavy atom. The predicted octanol–water partition coefficient (Wildman–Crippen LogP) is 3.35. The van der Waals surface area contributed by atoms with E-state index in [2.05, 4.69) is 21.4 Å². The number of benzene rings is 1. The molecule has 25 heavy (non-hydrogen) atoms. The Kier molecular flexibility index (Phi) is 5.05. The van der Waals surface area contributed by atoms with Gasteiger partial charge in [-0.3, -0.25) is 4.79 Å². The maximum atomic E-state index is 12.2. The third-order valence-corrected chi connectivity index (χ3v) is 5.11. The third-order valence-electron chi connectivity index (χ3n) is 4.26. The molecular formula is C19H20N4OS. The number of hydrogen-bond acceptors (Lipinski definition) is 5. The molecule has 0 spiro atoms. The molecule has 1 fully saturated rings. The number of aryl methyl sites for hydroxylation is 1. The van der Waals surface area contributed by atoms with E-state index in [4.69, 9.17) is 0 Å². The number of rotatable bonds is 6. The zero-order chi connectivity index (χ0) is 17.9. The van der Waals surface area contributed by atoms with Crippen LogP contribution in [0.5, 0.6) is 0 Å². The second-order valence-electron chi connectivity index (χ2n) is 6.47. The first-order chi connectivity index (χ1) is 12.0. The van der Waals surface area contributed by atoms with E-state index in [1.807, 2.05) is 43.3 Å². The standard InChI is InChI=1S/C19H20N4OS/c1-13-10-16(14-6-4-3-5-7-14)22-18(21-13)25-11-17(24)23-19(2,12-20)15-8-9-15/h3-7,10,15H,8-9,11H2,1-2H3,(H,23,24)/t19-/m1/s1. The Morgan fingerprint density at radius 3 is 2.72 bits per heavy atom. The van der Waals surface area contributed by atoms with Crippen LogP contribution < -0.4 is 5.32 Å². The van der Waals surface area contributed by atoms with Gasteiger partial charge in [-0.2, -0.15) is 5.26 Å². The first kappa shape index (κ1) is 17.4. The molecule has 0 radical (unpaired) electrons. The first-order valence-electron chi connectivity index (χ1n) is 8.26. The van der Waals surface area contributed by atoms with E-state index in [1.165, 1.54) is 11.8 Å². The van der Waals surface area contributed by atoms with Gasteiger partial charge in [0.15, 0.2) is 5.16 Å². The highest BCUT2D eigenvalue weighted by Gasteiger charge is 2.42. The molecule has 3 rings (SSSR count). The van der Waals surface area contributed by atoms with E-state index in [0.717, 1.165) is 29.8 Å². The van der Waals surface area contributed by atoms with E-state index in [0.29, 0.717) is 5.16 Å². The Balaban J connectivity index is 1.66. The van der Waals surface area contributed by atoms with Crippen molar-refractivity contribution in [2.45, 2.75) is 37.4 Å². The van der Waals surface area contributed by atoms with Crippen molar-refractivity contribution in [3.05, 3.63) is 42.1 Å². The smallest absolute Gasteiger partial charge is 0.231 e. The molecule has 128 valence electrons. The topological polar surface area (TPSA) is 78.7 Å². The largest absolute Gasteiger partial charge is 0.337 e. The van der Waals surface area contributed by atoms with Gasteiger partial charge < -0.3 is 5.32 Å². The van der Waals surface area contributed by atoms with E-state index >= 15 is 0 Å². The van der Waals surface area contributed by atoms with Crippen LogP contribution in [0.1, 0.15) is 25.5 Å². The van der Waals surface area contributed by atoms with Crippen LogP contribution in [0, 0.1) is 24.2 Å². The fourth-order valence-electron chi connectivity index (χ4n) is 2.70. The number of nitrogens with zero attached hydrogens (tertiary/aromatic N) is 3. The maximum Gasteiger partial charge on any atom is 0.231 e. The Labute approximate surface area is 151 Å². The van der Waals surface area contributed by atoms with Gasteiger partial charge >= 0.3 is 0 Å². The zero-order valence-corrected chi connectivity index (χ0v) is 15.1. The highest BCUT2D eigenvalue weighted by Crippen LogP contribution is 2.39.